The molecule has 0 aromatic carbocycles. The molecule has 1 aliphatic rings. The van der Waals surface area contributed by atoms with Crippen LogP contribution in [0.25, 0.3) is 0 Å². The maximum absolute atomic E-state index is 12.0. The van der Waals surface area contributed by atoms with Crippen molar-refractivity contribution in [2.45, 2.75) is 44.0 Å². The van der Waals surface area contributed by atoms with Crippen LogP contribution in [0.1, 0.15) is 27.2 Å². The van der Waals surface area contributed by atoms with E-state index in [1.165, 1.54) is 0 Å². The first kappa shape index (κ1) is 16.0. The van der Waals surface area contributed by atoms with Crippen LogP contribution >= 0.6 is 21.6 Å². The standard InChI is InChI=1S/C12H22N2O2S2/c1-5-9(15)11-12(2,3)18-17-7-8(13-4)10(16)6-14-11/h8,11,13-14H,5-7H2,1-4H3/t8-,11+/m0/s1. The van der Waals surface area contributed by atoms with Gasteiger partial charge in [0.1, 0.15) is 0 Å². The Morgan fingerprint density at radius 3 is 2.78 bits per heavy atom. The van der Waals surface area contributed by atoms with E-state index in [2.05, 4.69) is 24.5 Å². The van der Waals surface area contributed by atoms with Crippen molar-refractivity contribution >= 4 is 33.2 Å². The highest BCUT2D eigenvalue weighted by molar-refractivity contribution is 8.77. The number of hydrogen-bond acceptors (Lipinski definition) is 6. The lowest BCUT2D eigenvalue weighted by atomic mass is 9.97. The van der Waals surface area contributed by atoms with Gasteiger partial charge in [0.2, 0.25) is 0 Å². The second kappa shape index (κ2) is 6.93. The predicted octanol–water partition coefficient (Wildman–Crippen LogP) is 1.25. The molecule has 1 heterocycles. The van der Waals surface area contributed by atoms with Gasteiger partial charge >= 0.3 is 0 Å². The van der Waals surface area contributed by atoms with Crippen LogP contribution in [0.15, 0.2) is 0 Å². The molecule has 0 unspecified atom stereocenters. The molecule has 0 bridgehead atoms. The molecule has 1 rings (SSSR count). The minimum Gasteiger partial charge on any atom is -0.310 e. The molecular weight excluding hydrogens is 268 g/mol. The molecule has 1 saturated heterocycles. The minimum absolute atomic E-state index is 0.122. The Kier molecular flexibility index (Phi) is 6.17. The third-order valence-electron chi connectivity index (χ3n) is 3.09. The molecule has 0 radical (unpaired) electrons. The largest absolute Gasteiger partial charge is 0.310 e. The number of carbonyl (C=O) groups is 2. The lowest BCUT2D eigenvalue weighted by molar-refractivity contribution is -0.122. The van der Waals surface area contributed by atoms with Crippen LogP contribution in [0.3, 0.4) is 0 Å². The van der Waals surface area contributed by atoms with Gasteiger partial charge in [-0.3, -0.25) is 14.9 Å². The average Bonchev–Trinajstić information content (AvgIpc) is 2.37. The molecule has 4 nitrogen and oxygen atoms in total. The number of nitrogens with one attached hydrogen (secondary N) is 2. The van der Waals surface area contributed by atoms with E-state index in [1.54, 1.807) is 28.6 Å². The maximum Gasteiger partial charge on any atom is 0.164 e. The molecular formula is C12H22N2O2S2. The van der Waals surface area contributed by atoms with E-state index >= 15 is 0 Å². The highest BCUT2D eigenvalue weighted by Gasteiger charge is 2.37. The Morgan fingerprint density at radius 2 is 2.22 bits per heavy atom. The molecule has 2 atom stereocenters. The van der Waals surface area contributed by atoms with Gasteiger partial charge in [-0.2, -0.15) is 0 Å². The molecule has 1 aliphatic heterocycles. The summed E-state index contributed by atoms with van der Waals surface area (Å²) in [6.07, 6.45) is 0.496. The van der Waals surface area contributed by atoms with Gasteiger partial charge in [-0.1, -0.05) is 28.5 Å². The average molecular weight is 290 g/mol. The molecule has 0 amide bonds. The fraction of sp³-hybridized carbons (Fsp3) is 0.833. The third kappa shape index (κ3) is 3.98. The summed E-state index contributed by atoms with van der Waals surface area (Å²) in [5.74, 6) is 1.03. The summed E-state index contributed by atoms with van der Waals surface area (Å²) in [4.78, 5) is 24.0. The zero-order valence-electron chi connectivity index (χ0n) is 11.4. The summed E-state index contributed by atoms with van der Waals surface area (Å²) in [5.41, 5.74) is 0. The lowest BCUT2D eigenvalue weighted by Gasteiger charge is -2.31. The normalized spacial score (nSPS) is 29.2. The topological polar surface area (TPSA) is 58.2 Å². The van der Waals surface area contributed by atoms with Crippen molar-refractivity contribution in [3.63, 3.8) is 0 Å². The van der Waals surface area contributed by atoms with Gasteiger partial charge in [-0.15, -0.1) is 0 Å². The molecule has 1 fully saturated rings. The first-order valence-electron chi connectivity index (χ1n) is 6.19. The lowest BCUT2D eigenvalue weighted by Crippen LogP contribution is -2.52. The van der Waals surface area contributed by atoms with Gasteiger partial charge in [-0.25, -0.2) is 0 Å². The Hall–Kier alpha value is -0.0400. The van der Waals surface area contributed by atoms with Crippen molar-refractivity contribution in [3.05, 3.63) is 0 Å². The first-order valence-corrected chi connectivity index (χ1v) is 8.51. The summed E-state index contributed by atoms with van der Waals surface area (Å²) >= 11 is 0. The summed E-state index contributed by atoms with van der Waals surface area (Å²) in [6.45, 7) is 6.23. The van der Waals surface area contributed by atoms with Crippen LogP contribution in [-0.2, 0) is 9.59 Å². The van der Waals surface area contributed by atoms with Gasteiger partial charge in [0.05, 0.1) is 18.6 Å². The fourth-order valence-electron chi connectivity index (χ4n) is 1.92. The van der Waals surface area contributed by atoms with Crippen LogP contribution in [0, 0.1) is 0 Å². The number of rotatable bonds is 3. The number of carbonyl (C=O) groups excluding carboxylic acids is 2. The predicted molar refractivity (Wildman–Crippen MR) is 79.1 cm³/mol. The monoisotopic (exact) mass is 290 g/mol. The van der Waals surface area contributed by atoms with Gasteiger partial charge in [-0.05, 0) is 20.9 Å². The summed E-state index contributed by atoms with van der Waals surface area (Å²) in [7, 11) is 5.14. The molecule has 6 heteroatoms. The van der Waals surface area contributed by atoms with E-state index in [-0.39, 0.29) is 34.9 Å². The highest BCUT2D eigenvalue weighted by Crippen LogP contribution is 2.39. The summed E-state index contributed by atoms with van der Waals surface area (Å²) in [6, 6.07) is -0.402. The van der Waals surface area contributed by atoms with Gasteiger partial charge in [0, 0.05) is 16.9 Å². The molecule has 0 aromatic rings. The summed E-state index contributed by atoms with van der Waals surface area (Å²) in [5, 5.41) is 6.17. The summed E-state index contributed by atoms with van der Waals surface area (Å²) < 4.78 is -0.208. The van der Waals surface area contributed by atoms with Crippen molar-refractivity contribution in [3.8, 4) is 0 Å². The van der Waals surface area contributed by atoms with E-state index in [0.717, 1.165) is 5.75 Å². The number of hydrogen-bond donors (Lipinski definition) is 2. The van der Waals surface area contributed by atoms with E-state index in [0.29, 0.717) is 6.42 Å². The third-order valence-corrected chi connectivity index (χ3v) is 6.39. The van der Waals surface area contributed by atoms with Crippen LogP contribution < -0.4 is 10.6 Å². The van der Waals surface area contributed by atoms with Gasteiger partial charge < -0.3 is 5.32 Å². The van der Waals surface area contributed by atoms with E-state index in [9.17, 15) is 9.59 Å². The van der Waals surface area contributed by atoms with Crippen molar-refractivity contribution in [1.82, 2.24) is 10.6 Å². The Morgan fingerprint density at radius 1 is 1.56 bits per heavy atom. The zero-order valence-corrected chi connectivity index (χ0v) is 13.0. The molecule has 2 N–H and O–H groups in total. The number of likely N-dealkylation sites (N-methyl/N-ethyl adjacent to an activating group) is 1. The minimum atomic E-state index is -0.264. The van der Waals surface area contributed by atoms with Gasteiger partial charge in [0.25, 0.3) is 0 Å². The molecule has 104 valence electrons. The number of ketones is 2. The maximum atomic E-state index is 12.0. The Labute approximate surface area is 117 Å². The molecule has 0 aliphatic carbocycles. The van der Waals surface area contributed by atoms with E-state index in [1.807, 2.05) is 6.92 Å². The van der Waals surface area contributed by atoms with Crippen LogP contribution in [0.4, 0.5) is 0 Å². The van der Waals surface area contributed by atoms with E-state index in [4.69, 9.17) is 0 Å². The molecule has 18 heavy (non-hydrogen) atoms. The zero-order chi connectivity index (χ0) is 13.8. The first-order chi connectivity index (χ1) is 8.42. The van der Waals surface area contributed by atoms with Crippen LogP contribution in [0.2, 0.25) is 0 Å². The Balaban J connectivity index is 2.85. The Bertz CT molecular complexity index is 321. The van der Waals surface area contributed by atoms with Crippen LogP contribution in [-0.4, -0.2) is 47.7 Å². The van der Waals surface area contributed by atoms with Crippen LogP contribution in [0.5, 0.6) is 0 Å². The SMILES string of the molecule is CCC(=O)[C@H]1NCC(=O)[C@@H](NC)CSSC1(C)C. The quantitative estimate of drug-likeness (QED) is 0.763. The smallest absolute Gasteiger partial charge is 0.164 e. The number of Topliss-reactive ketones (excluding diaryl/α,β-unsaturated/α-hetero) is 2. The second-order valence-corrected chi connectivity index (χ2v) is 7.91. The fourth-order valence-corrected chi connectivity index (χ4v) is 4.90. The highest BCUT2D eigenvalue weighted by atomic mass is 33.1. The second-order valence-electron chi connectivity index (χ2n) is 4.91. The van der Waals surface area contributed by atoms with Crippen molar-refractivity contribution in [1.29, 1.82) is 0 Å². The van der Waals surface area contributed by atoms with Crippen molar-refractivity contribution in [2.75, 3.05) is 19.3 Å². The van der Waals surface area contributed by atoms with E-state index < -0.39 is 0 Å². The van der Waals surface area contributed by atoms with Crippen molar-refractivity contribution in [2.24, 2.45) is 0 Å². The molecule has 0 spiro atoms. The van der Waals surface area contributed by atoms with Crippen molar-refractivity contribution < 1.29 is 9.59 Å². The molecule has 0 saturated carbocycles. The molecule has 0 aromatic heterocycles. The van der Waals surface area contributed by atoms with Gasteiger partial charge in [0.15, 0.2) is 11.6 Å².